The van der Waals surface area contributed by atoms with Gasteiger partial charge in [-0.3, -0.25) is 4.79 Å². The van der Waals surface area contributed by atoms with Crippen LogP contribution in [0.3, 0.4) is 0 Å². The molecule has 0 spiro atoms. The van der Waals surface area contributed by atoms with Gasteiger partial charge >= 0.3 is 6.09 Å². The first kappa shape index (κ1) is 20.6. The molecule has 1 saturated heterocycles. The number of nitriles is 1. The molecule has 0 aliphatic carbocycles. The van der Waals surface area contributed by atoms with Gasteiger partial charge in [0, 0.05) is 38.8 Å². The summed E-state index contributed by atoms with van der Waals surface area (Å²) >= 11 is 0. The van der Waals surface area contributed by atoms with Gasteiger partial charge in [0.05, 0.1) is 11.2 Å². The van der Waals surface area contributed by atoms with Gasteiger partial charge in [-0.05, 0) is 39.3 Å². The van der Waals surface area contributed by atoms with Crippen LogP contribution in [-0.4, -0.2) is 51.8 Å². The molecule has 8 nitrogen and oxygen atoms in total. The lowest BCUT2D eigenvalue weighted by Crippen LogP contribution is -2.55. The van der Waals surface area contributed by atoms with E-state index in [4.69, 9.17) is 4.74 Å². The van der Waals surface area contributed by atoms with Crippen molar-refractivity contribution in [1.82, 2.24) is 14.5 Å². The Balaban J connectivity index is 1.98. The summed E-state index contributed by atoms with van der Waals surface area (Å²) < 4.78 is 7.05. The number of amides is 1. The minimum absolute atomic E-state index is 0.0131. The average Bonchev–Trinajstić information content (AvgIpc) is 2.68. The zero-order valence-corrected chi connectivity index (χ0v) is 17.6. The molecular weight excluding hydrogens is 370 g/mol. The van der Waals surface area contributed by atoms with Crippen LogP contribution in [0.5, 0.6) is 0 Å². The summed E-state index contributed by atoms with van der Waals surface area (Å²) in [7, 11) is 1.69. The number of carbonyl (C=O) groups is 1. The molecule has 3 rings (SSSR count). The normalized spacial score (nSPS) is 17.3. The van der Waals surface area contributed by atoms with Crippen molar-refractivity contribution in [2.24, 2.45) is 7.05 Å². The summed E-state index contributed by atoms with van der Waals surface area (Å²) in [5.74, 6) is 0. The highest BCUT2D eigenvalue weighted by Gasteiger charge is 2.32. The summed E-state index contributed by atoms with van der Waals surface area (Å²) in [5, 5.41) is 9.26. The van der Waals surface area contributed by atoms with Crippen molar-refractivity contribution in [2.45, 2.75) is 45.8 Å². The number of fused-ring (bicyclic) bond motifs is 1. The zero-order valence-electron chi connectivity index (χ0n) is 17.6. The van der Waals surface area contributed by atoms with Crippen LogP contribution in [0, 0.1) is 11.3 Å². The van der Waals surface area contributed by atoms with Crippen LogP contribution in [0.1, 0.15) is 39.8 Å². The lowest BCUT2D eigenvalue weighted by atomic mass is 10.1. The molecule has 0 saturated carbocycles. The first-order valence-electron chi connectivity index (χ1n) is 9.80. The number of pyridine rings is 2. The summed E-state index contributed by atoms with van der Waals surface area (Å²) in [5.41, 5.74) is 1.62. The second-order valence-electron chi connectivity index (χ2n) is 8.28. The standard InChI is InChI=1S/C21H27N5O3/c1-6-15-13-25(20(28)29-21(2,3)4)9-10-26(15)17-11-18(27)24(5)16-8-7-14(12-22)23-19(16)17/h7-8,11,15H,6,9-10,13H2,1-5H3/t15-/m0/s1. The average molecular weight is 397 g/mol. The van der Waals surface area contributed by atoms with Crippen molar-refractivity contribution in [1.29, 1.82) is 5.26 Å². The fourth-order valence-electron chi connectivity index (χ4n) is 3.61. The second-order valence-corrected chi connectivity index (χ2v) is 8.28. The molecule has 2 aromatic rings. The molecule has 3 heterocycles. The van der Waals surface area contributed by atoms with E-state index in [-0.39, 0.29) is 17.7 Å². The Kier molecular flexibility index (Phi) is 5.51. The van der Waals surface area contributed by atoms with Gasteiger partial charge in [0.2, 0.25) is 0 Å². The van der Waals surface area contributed by atoms with Crippen molar-refractivity contribution in [3.8, 4) is 6.07 Å². The van der Waals surface area contributed by atoms with E-state index >= 15 is 0 Å². The lowest BCUT2D eigenvalue weighted by Gasteiger charge is -2.42. The number of nitrogens with zero attached hydrogens (tertiary/aromatic N) is 5. The molecule has 8 heteroatoms. The SMILES string of the molecule is CC[C@H]1CN(C(=O)OC(C)(C)C)CCN1c1cc(=O)n(C)c2ccc(C#N)nc12. The molecule has 1 fully saturated rings. The van der Waals surface area contributed by atoms with E-state index in [9.17, 15) is 14.9 Å². The van der Waals surface area contributed by atoms with Gasteiger partial charge in [-0.15, -0.1) is 0 Å². The molecule has 154 valence electrons. The van der Waals surface area contributed by atoms with Crippen molar-refractivity contribution in [3.63, 3.8) is 0 Å². The minimum Gasteiger partial charge on any atom is -0.444 e. The summed E-state index contributed by atoms with van der Waals surface area (Å²) in [6.07, 6.45) is 0.461. The fraction of sp³-hybridized carbons (Fsp3) is 0.524. The number of hydrogen-bond acceptors (Lipinski definition) is 6. The van der Waals surface area contributed by atoms with Crippen LogP contribution in [-0.2, 0) is 11.8 Å². The maximum atomic E-state index is 12.5. The van der Waals surface area contributed by atoms with Gasteiger partial charge in [-0.1, -0.05) is 6.92 Å². The number of piperazine rings is 1. The Bertz CT molecular complexity index is 1030. The highest BCUT2D eigenvalue weighted by Crippen LogP contribution is 2.28. The Morgan fingerprint density at radius 3 is 2.69 bits per heavy atom. The highest BCUT2D eigenvalue weighted by atomic mass is 16.6. The summed E-state index contributed by atoms with van der Waals surface area (Å²) in [4.78, 5) is 33.3. The Labute approximate surface area is 170 Å². The Hall–Kier alpha value is -3.08. The van der Waals surface area contributed by atoms with E-state index in [1.807, 2.05) is 27.7 Å². The molecule has 0 radical (unpaired) electrons. The topological polar surface area (TPSA) is 91.5 Å². The monoisotopic (exact) mass is 397 g/mol. The predicted molar refractivity (Wildman–Crippen MR) is 111 cm³/mol. The van der Waals surface area contributed by atoms with E-state index in [0.717, 1.165) is 6.42 Å². The van der Waals surface area contributed by atoms with Gasteiger partial charge in [0.15, 0.2) is 0 Å². The number of anilines is 1. The largest absolute Gasteiger partial charge is 0.444 e. The summed E-state index contributed by atoms with van der Waals surface area (Å²) in [6.45, 7) is 9.14. The first-order chi connectivity index (χ1) is 13.6. The van der Waals surface area contributed by atoms with Crippen LogP contribution < -0.4 is 10.5 Å². The maximum Gasteiger partial charge on any atom is 0.410 e. The molecule has 2 aromatic heterocycles. The van der Waals surface area contributed by atoms with E-state index < -0.39 is 5.60 Å². The third kappa shape index (κ3) is 4.19. The van der Waals surface area contributed by atoms with Crippen LogP contribution in [0.4, 0.5) is 10.5 Å². The predicted octanol–water partition coefficient (Wildman–Crippen LogP) is 2.64. The molecule has 0 bridgehead atoms. The van der Waals surface area contributed by atoms with E-state index in [1.54, 1.807) is 30.1 Å². The Morgan fingerprint density at radius 2 is 2.07 bits per heavy atom. The molecule has 0 aromatic carbocycles. The number of hydrogen-bond donors (Lipinski definition) is 0. The molecular formula is C21H27N5O3. The fourth-order valence-corrected chi connectivity index (χ4v) is 3.61. The van der Waals surface area contributed by atoms with Crippen LogP contribution >= 0.6 is 0 Å². The molecule has 29 heavy (non-hydrogen) atoms. The molecule has 0 N–H and O–H groups in total. The minimum atomic E-state index is -0.546. The molecule has 1 aliphatic rings. The third-order valence-electron chi connectivity index (χ3n) is 5.10. The van der Waals surface area contributed by atoms with Crippen LogP contribution in [0.15, 0.2) is 23.0 Å². The molecule has 1 amide bonds. The number of ether oxygens (including phenoxy) is 1. The van der Waals surface area contributed by atoms with Crippen molar-refractivity contribution >= 4 is 22.8 Å². The number of aryl methyl sites for hydroxylation is 1. The van der Waals surface area contributed by atoms with E-state index in [2.05, 4.69) is 16.0 Å². The van der Waals surface area contributed by atoms with Gasteiger partial charge in [0.1, 0.15) is 22.9 Å². The number of carbonyl (C=O) groups excluding carboxylic acids is 1. The van der Waals surface area contributed by atoms with Gasteiger partial charge in [-0.25, -0.2) is 9.78 Å². The highest BCUT2D eigenvalue weighted by molar-refractivity contribution is 5.89. The number of aromatic nitrogens is 2. The van der Waals surface area contributed by atoms with Crippen molar-refractivity contribution < 1.29 is 9.53 Å². The lowest BCUT2D eigenvalue weighted by molar-refractivity contribution is 0.0213. The van der Waals surface area contributed by atoms with Gasteiger partial charge in [0.25, 0.3) is 5.56 Å². The molecule has 1 aliphatic heterocycles. The van der Waals surface area contributed by atoms with Crippen LogP contribution in [0.2, 0.25) is 0 Å². The maximum absolute atomic E-state index is 12.5. The van der Waals surface area contributed by atoms with Crippen molar-refractivity contribution in [2.75, 3.05) is 24.5 Å². The van der Waals surface area contributed by atoms with Gasteiger partial charge < -0.3 is 19.1 Å². The second kappa shape index (κ2) is 7.74. The first-order valence-corrected chi connectivity index (χ1v) is 9.80. The quantitative estimate of drug-likeness (QED) is 0.774. The van der Waals surface area contributed by atoms with Crippen molar-refractivity contribution in [3.05, 3.63) is 34.2 Å². The van der Waals surface area contributed by atoms with E-state index in [1.165, 1.54) is 4.57 Å². The van der Waals surface area contributed by atoms with Gasteiger partial charge in [-0.2, -0.15) is 5.26 Å². The zero-order chi connectivity index (χ0) is 21.3. The Morgan fingerprint density at radius 1 is 1.34 bits per heavy atom. The molecule has 0 unspecified atom stereocenters. The smallest absolute Gasteiger partial charge is 0.410 e. The summed E-state index contributed by atoms with van der Waals surface area (Å²) in [6, 6.07) is 7.02. The number of rotatable bonds is 2. The van der Waals surface area contributed by atoms with Crippen LogP contribution in [0.25, 0.3) is 11.0 Å². The molecule has 1 atom stereocenters. The third-order valence-corrected chi connectivity index (χ3v) is 5.10. The van der Waals surface area contributed by atoms with E-state index in [0.29, 0.717) is 42.0 Å².